The van der Waals surface area contributed by atoms with Gasteiger partial charge in [-0.1, -0.05) is 34.6 Å². The predicted octanol–water partition coefficient (Wildman–Crippen LogP) is 1.38. The average molecular weight is 345 g/mol. The molecular weight excluding hydrogens is 328 g/mol. The molecule has 8 heteroatoms. The van der Waals surface area contributed by atoms with E-state index in [2.05, 4.69) is 15.3 Å². The highest BCUT2D eigenvalue weighted by Gasteiger charge is 2.30. The van der Waals surface area contributed by atoms with E-state index in [1.54, 1.807) is 0 Å². The number of aryl methyl sites for hydroxylation is 1. The highest BCUT2D eigenvalue weighted by molar-refractivity contribution is 6.31. The molecule has 1 aliphatic carbocycles. The fraction of sp³-hybridized carbons (Fsp3) is 0.250. The highest BCUT2D eigenvalue weighted by atomic mass is 35.5. The fourth-order valence-corrected chi connectivity index (χ4v) is 3.36. The molecule has 4 N–H and O–H groups in total. The maximum absolute atomic E-state index is 11.7. The summed E-state index contributed by atoms with van der Waals surface area (Å²) >= 11 is 6.33. The molecule has 3 rings (SSSR count). The van der Waals surface area contributed by atoms with Gasteiger partial charge < -0.3 is 16.7 Å². The summed E-state index contributed by atoms with van der Waals surface area (Å²) in [4.78, 5) is 0.571. The first-order chi connectivity index (χ1) is 11.5. The van der Waals surface area contributed by atoms with Gasteiger partial charge in [-0.15, -0.1) is 5.10 Å². The first-order valence-corrected chi connectivity index (χ1v) is 7.83. The molecule has 0 radical (unpaired) electrons. The molecule has 124 valence electrons. The Morgan fingerprint density at radius 2 is 2.08 bits per heavy atom. The molecule has 0 aliphatic heterocycles. The van der Waals surface area contributed by atoms with E-state index in [1.807, 2.05) is 31.2 Å². The van der Waals surface area contributed by atoms with Crippen LogP contribution >= 0.6 is 11.6 Å². The van der Waals surface area contributed by atoms with E-state index in [0.717, 1.165) is 16.7 Å². The smallest absolute Gasteiger partial charge is 0.213 e. The largest absolute Gasteiger partial charge is 0.594 e. The van der Waals surface area contributed by atoms with Crippen LogP contribution in [0.5, 0.6) is 0 Å². The van der Waals surface area contributed by atoms with Crippen molar-refractivity contribution in [3.05, 3.63) is 63.1 Å². The standard InChI is InChI=1S/C16H17ClN6O/c1-9-8-23(24)22-14-7-10(11-4-2-3-5-12(11)17)6-13(15(9)14)20-21-16(18)19/h2-5,8,10H,6-7H2,1H3,(H4,18,19,21)/b20-13+. The van der Waals surface area contributed by atoms with Gasteiger partial charge in [0.25, 0.3) is 0 Å². The lowest BCUT2D eigenvalue weighted by Gasteiger charge is -2.25. The molecule has 0 amide bonds. The topological polar surface area (TPSA) is 117 Å². The van der Waals surface area contributed by atoms with Crippen molar-refractivity contribution in [3.8, 4) is 0 Å². The molecule has 0 saturated heterocycles. The third-order valence-electron chi connectivity index (χ3n) is 4.01. The molecule has 24 heavy (non-hydrogen) atoms. The zero-order valence-electron chi connectivity index (χ0n) is 13.1. The van der Waals surface area contributed by atoms with E-state index in [4.69, 9.17) is 23.1 Å². The Labute approximate surface area is 144 Å². The SMILES string of the molecule is Cc1c[n+]([O-])nc2c1/C(=N/N=C(N)N)CC(c1ccccc1Cl)C2. The monoisotopic (exact) mass is 344 g/mol. The quantitative estimate of drug-likeness (QED) is 0.281. The fourth-order valence-electron chi connectivity index (χ4n) is 3.07. The van der Waals surface area contributed by atoms with Crippen molar-refractivity contribution in [3.63, 3.8) is 0 Å². The second-order valence-electron chi connectivity index (χ2n) is 5.73. The van der Waals surface area contributed by atoms with Crippen LogP contribution in [0.25, 0.3) is 0 Å². The first-order valence-electron chi connectivity index (χ1n) is 7.46. The summed E-state index contributed by atoms with van der Waals surface area (Å²) < 4.78 is 0. The molecule has 1 aliphatic rings. The van der Waals surface area contributed by atoms with E-state index in [0.29, 0.717) is 34.1 Å². The van der Waals surface area contributed by atoms with Crippen molar-refractivity contribution in [1.82, 2.24) is 5.10 Å². The second-order valence-corrected chi connectivity index (χ2v) is 6.14. The van der Waals surface area contributed by atoms with Crippen molar-refractivity contribution in [2.45, 2.75) is 25.7 Å². The van der Waals surface area contributed by atoms with Gasteiger partial charge >= 0.3 is 0 Å². The van der Waals surface area contributed by atoms with E-state index in [1.165, 1.54) is 6.20 Å². The van der Waals surface area contributed by atoms with E-state index in [9.17, 15) is 5.21 Å². The normalized spacial score (nSPS) is 18.2. The van der Waals surface area contributed by atoms with E-state index in [-0.39, 0.29) is 11.9 Å². The summed E-state index contributed by atoms with van der Waals surface area (Å²) in [6.07, 6.45) is 2.63. The van der Waals surface area contributed by atoms with Crippen molar-refractivity contribution >= 4 is 23.3 Å². The van der Waals surface area contributed by atoms with E-state index < -0.39 is 0 Å². The van der Waals surface area contributed by atoms with Crippen molar-refractivity contribution in [1.29, 1.82) is 0 Å². The Morgan fingerprint density at radius 1 is 1.33 bits per heavy atom. The minimum Gasteiger partial charge on any atom is -0.594 e. The summed E-state index contributed by atoms with van der Waals surface area (Å²) in [6, 6.07) is 7.62. The first kappa shape index (κ1) is 16.2. The number of hydrogen-bond acceptors (Lipinski definition) is 4. The maximum Gasteiger partial charge on any atom is 0.213 e. The highest BCUT2D eigenvalue weighted by Crippen LogP contribution is 2.36. The number of benzene rings is 1. The number of hydrogen-bond donors (Lipinski definition) is 2. The number of halogens is 1. The minimum absolute atomic E-state index is 0.0495. The van der Waals surface area contributed by atoms with Crippen LogP contribution in [0.2, 0.25) is 5.02 Å². The van der Waals surface area contributed by atoms with Crippen LogP contribution in [0.3, 0.4) is 0 Å². The second kappa shape index (κ2) is 6.45. The summed E-state index contributed by atoms with van der Waals surface area (Å²) in [5.74, 6) is -0.0715. The lowest BCUT2D eigenvalue weighted by Crippen LogP contribution is -2.36. The Hall–Kier alpha value is -2.67. The van der Waals surface area contributed by atoms with Gasteiger partial charge in [-0.3, -0.25) is 0 Å². The summed E-state index contributed by atoms with van der Waals surface area (Å²) in [7, 11) is 0. The number of fused-ring (bicyclic) bond motifs is 1. The van der Waals surface area contributed by atoms with Gasteiger partial charge in [0.15, 0.2) is 0 Å². The predicted molar refractivity (Wildman–Crippen MR) is 92.8 cm³/mol. The Bertz CT molecular complexity index is 844. The Morgan fingerprint density at radius 3 is 2.79 bits per heavy atom. The average Bonchev–Trinajstić information content (AvgIpc) is 2.52. The summed E-state index contributed by atoms with van der Waals surface area (Å²) in [6.45, 7) is 1.84. The minimum atomic E-state index is -0.121. The van der Waals surface area contributed by atoms with Crippen LogP contribution in [0.4, 0.5) is 0 Å². The molecule has 1 aromatic carbocycles. The zero-order valence-corrected chi connectivity index (χ0v) is 13.9. The summed E-state index contributed by atoms with van der Waals surface area (Å²) in [5.41, 5.74) is 14.8. The molecule has 1 heterocycles. The van der Waals surface area contributed by atoms with Gasteiger partial charge in [0.2, 0.25) is 12.2 Å². The number of guanidine groups is 1. The van der Waals surface area contributed by atoms with Crippen molar-refractivity contribution in [2.75, 3.05) is 0 Å². The molecule has 7 nitrogen and oxygen atoms in total. The molecule has 0 spiro atoms. The van der Waals surface area contributed by atoms with Crippen LogP contribution in [0.1, 0.15) is 34.7 Å². The van der Waals surface area contributed by atoms with Gasteiger partial charge in [0, 0.05) is 27.7 Å². The van der Waals surface area contributed by atoms with Crippen LogP contribution in [-0.2, 0) is 6.42 Å². The van der Waals surface area contributed by atoms with Crippen LogP contribution in [-0.4, -0.2) is 16.8 Å². The third-order valence-corrected chi connectivity index (χ3v) is 4.35. The van der Waals surface area contributed by atoms with Gasteiger partial charge in [-0.2, -0.15) is 5.10 Å². The number of aromatic nitrogens is 2. The van der Waals surface area contributed by atoms with Gasteiger partial charge in [0.1, 0.15) is 5.69 Å². The number of rotatable bonds is 2. The molecule has 0 saturated carbocycles. The Balaban J connectivity index is 2.12. The number of nitrogens with two attached hydrogens (primary N) is 2. The van der Waals surface area contributed by atoms with Gasteiger partial charge in [0.05, 0.1) is 5.71 Å². The third kappa shape index (κ3) is 3.16. The lowest BCUT2D eigenvalue weighted by molar-refractivity contribution is -0.670. The molecule has 2 aromatic rings. The molecule has 1 atom stereocenters. The van der Waals surface area contributed by atoms with Crippen molar-refractivity contribution < 1.29 is 4.85 Å². The van der Waals surface area contributed by atoms with Crippen molar-refractivity contribution in [2.24, 2.45) is 21.7 Å². The number of nitrogens with zero attached hydrogens (tertiary/aromatic N) is 4. The van der Waals surface area contributed by atoms with Gasteiger partial charge in [-0.25, -0.2) is 0 Å². The van der Waals surface area contributed by atoms with Crippen LogP contribution in [0.15, 0.2) is 40.7 Å². The molecule has 1 aromatic heterocycles. The molecule has 0 bridgehead atoms. The zero-order chi connectivity index (χ0) is 17.3. The molecular formula is C16H17ClN6O. The summed E-state index contributed by atoms with van der Waals surface area (Å²) in [5, 5.41) is 24.4. The Kier molecular flexibility index (Phi) is 4.35. The molecule has 1 unspecified atom stereocenters. The lowest BCUT2D eigenvalue weighted by atomic mass is 9.80. The van der Waals surface area contributed by atoms with Crippen LogP contribution in [0, 0.1) is 12.1 Å². The van der Waals surface area contributed by atoms with Crippen LogP contribution < -0.4 is 16.3 Å². The van der Waals surface area contributed by atoms with Gasteiger partial charge in [-0.05, 0) is 30.9 Å². The maximum atomic E-state index is 11.7. The van der Waals surface area contributed by atoms with E-state index >= 15 is 0 Å². The molecule has 0 fully saturated rings.